The van der Waals surface area contributed by atoms with Crippen molar-refractivity contribution < 1.29 is 37.5 Å². The Labute approximate surface area is 131 Å². The van der Waals surface area contributed by atoms with Crippen molar-refractivity contribution in [3.05, 3.63) is 57.9 Å². The van der Waals surface area contributed by atoms with Gasteiger partial charge in [-0.25, -0.2) is 4.79 Å². The number of ether oxygens (including phenoxy) is 1. The van der Waals surface area contributed by atoms with Crippen LogP contribution in [0.5, 0.6) is 5.75 Å². The molecule has 0 amide bonds. The lowest BCUT2D eigenvalue weighted by Crippen LogP contribution is -2.29. The number of benzene rings is 1. The molecule has 1 atom stereocenters. The van der Waals surface area contributed by atoms with Crippen LogP contribution in [0.25, 0.3) is 0 Å². The molecule has 7 nitrogen and oxygen atoms in total. The van der Waals surface area contributed by atoms with Crippen LogP contribution >= 0.6 is 0 Å². The molecule has 0 fully saturated rings. The third-order valence-corrected chi connectivity index (χ3v) is 3.03. The molecule has 1 aromatic rings. The van der Waals surface area contributed by atoms with Crippen molar-refractivity contribution in [1.29, 1.82) is 0 Å². The summed E-state index contributed by atoms with van der Waals surface area (Å²) in [6.07, 6.45) is -2.57. The average Bonchev–Trinajstić information content (AvgIpc) is 2.45. The summed E-state index contributed by atoms with van der Waals surface area (Å²) in [5.74, 6) is -5.50. The predicted molar refractivity (Wildman–Crippen MR) is 72.5 cm³/mol. The summed E-state index contributed by atoms with van der Waals surface area (Å²) in [5.41, 5.74) is -1.33. The normalized spacial score (nSPS) is 17.4. The van der Waals surface area contributed by atoms with Gasteiger partial charge in [0, 0.05) is 18.2 Å². The van der Waals surface area contributed by atoms with Gasteiger partial charge in [0.2, 0.25) is 0 Å². The second kappa shape index (κ2) is 6.14. The van der Waals surface area contributed by atoms with Crippen molar-refractivity contribution in [1.82, 2.24) is 0 Å². The number of alkyl halides is 3. The van der Waals surface area contributed by atoms with E-state index >= 15 is 0 Å². The van der Waals surface area contributed by atoms with Crippen LogP contribution in [0.3, 0.4) is 0 Å². The van der Waals surface area contributed by atoms with E-state index in [9.17, 15) is 32.9 Å². The maximum Gasteiger partial charge on any atom is 0.402 e. The molecule has 126 valence electrons. The summed E-state index contributed by atoms with van der Waals surface area (Å²) >= 11 is 0. The van der Waals surface area contributed by atoms with E-state index in [0.29, 0.717) is 12.2 Å². The first kappa shape index (κ1) is 17.2. The Hall–Kier alpha value is -3.17. The molecule has 2 rings (SSSR count). The van der Waals surface area contributed by atoms with Crippen LogP contribution in [-0.2, 0) is 4.79 Å². The van der Waals surface area contributed by atoms with E-state index in [-0.39, 0.29) is 11.5 Å². The molecular weight excluding hydrogens is 335 g/mol. The number of hydrogen-bond donors (Lipinski definition) is 1. The number of aromatic carboxylic acids is 1. The number of carboxylic acids is 1. The lowest BCUT2D eigenvalue weighted by molar-refractivity contribution is -0.385. The number of halogens is 3. The highest BCUT2D eigenvalue weighted by Crippen LogP contribution is 2.32. The van der Waals surface area contributed by atoms with Gasteiger partial charge in [-0.3, -0.25) is 14.9 Å². The number of carboxylic acid groups (broad SMARTS) is 1. The van der Waals surface area contributed by atoms with Crippen molar-refractivity contribution in [3.8, 4) is 5.75 Å². The maximum absolute atomic E-state index is 12.5. The fraction of sp³-hybridized carbons (Fsp3) is 0.143. The third-order valence-electron chi connectivity index (χ3n) is 3.03. The van der Waals surface area contributed by atoms with Gasteiger partial charge in [-0.2, -0.15) is 13.2 Å². The van der Waals surface area contributed by atoms with Crippen LogP contribution < -0.4 is 4.74 Å². The number of nitro groups is 1. The Kier molecular flexibility index (Phi) is 4.40. The van der Waals surface area contributed by atoms with Crippen LogP contribution in [0.1, 0.15) is 10.4 Å². The molecule has 1 unspecified atom stereocenters. The summed E-state index contributed by atoms with van der Waals surface area (Å²) in [7, 11) is 0. The average molecular weight is 343 g/mol. The Morgan fingerprint density at radius 1 is 1.33 bits per heavy atom. The highest BCUT2D eigenvalue weighted by molar-refractivity contribution is 5.96. The summed E-state index contributed by atoms with van der Waals surface area (Å²) in [6, 6.07) is 2.79. The van der Waals surface area contributed by atoms with Crippen molar-refractivity contribution in [3.63, 3.8) is 0 Å². The fourth-order valence-corrected chi connectivity index (χ4v) is 1.94. The van der Waals surface area contributed by atoms with E-state index < -0.39 is 40.0 Å². The van der Waals surface area contributed by atoms with Crippen LogP contribution in [0, 0.1) is 16.0 Å². The summed E-state index contributed by atoms with van der Waals surface area (Å²) in [6.45, 7) is 0. The maximum atomic E-state index is 12.5. The summed E-state index contributed by atoms with van der Waals surface area (Å²) in [4.78, 5) is 32.3. The smallest absolute Gasteiger partial charge is 0.402 e. The van der Waals surface area contributed by atoms with E-state index in [1.54, 1.807) is 0 Å². The molecule has 0 aliphatic heterocycles. The van der Waals surface area contributed by atoms with Gasteiger partial charge in [-0.1, -0.05) is 6.08 Å². The van der Waals surface area contributed by atoms with Gasteiger partial charge >= 0.3 is 12.1 Å². The third kappa shape index (κ3) is 3.59. The molecule has 1 aliphatic carbocycles. The fourth-order valence-electron chi connectivity index (χ4n) is 1.94. The van der Waals surface area contributed by atoms with Crippen LogP contribution in [0.4, 0.5) is 18.9 Å². The van der Waals surface area contributed by atoms with Gasteiger partial charge in [0.05, 0.1) is 4.92 Å². The first-order valence-corrected chi connectivity index (χ1v) is 6.29. The minimum atomic E-state index is -4.72. The SMILES string of the molecule is O=C(O)c1cc(OC2=CC(=O)C(C(F)(F)F)C=C2)ccc1[N+](=O)[O-]. The summed E-state index contributed by atoms with van der Waals surface area (Å²) in [5, 5.41) is 19.7. The number of rotatable bonds is 4. The molecule has 0 saturated carbocycles. The molecule has 24 heavy (non-hydrogen) atoms. The number of carbonyl (C=O) groups is 2. The molecule has 1 aromatic carbocycles. The number of hydrogen-bond acceptors (Lipinski definition) is 5. The molecule has 10 heteroatoms. The topological polar surface area (TPSA) is 107 Å². The van der Waals surface area contributed by atoms with Gasteiger partial charge < -0.3 is 9.84 Å². The Morgan fingerprint density at radius 3 is 2.50 bits per heavy atom. The standard InChI is InChI=1S/C14H8F3NO6/c15-14(16,17)10-3-1-8(6-12(10)19)24-7-2-4-11(18(22)23)9(5-7)13(20)21/h1-6,10H,(H,20,21). The molecule has 0 heterocycles. The molecule has 0 saturated heterocycles. The van der Waals surface area contributed by atoms with Gasteiger partial charge in [-0.15, -0.1) is 0 Å². The zero-order valence-corrected chi connectivity index (χ0v) is 11.6. The Morgan fingerprint density at radius 2 is 2.00 bits per heavy atom. The molecule has 1 aliphatic rings. The second-order valence-electron chi connectivity index (χ2n) is 4.67. The largest absolute Gasteiger partial charge is 0.477 e. The number of allylic oxidation sites excluding steroid dienone is 3. The molecular formula is C14H8F3NO6. The number of nitro benzene ring substituents is 1. The van der Waals surface area contributed by atoms with Gasteiger partial charge in [-0.05, 0) is 12.1 Å². The van der Waals surface area contributed by atoms with Crippen LogP contribution in [0.15, 0.2) is 42.2 Å². The monoisotopic (exact) mass is 343 g/mol. The van der Waals surface area contributed by atoms with Crippen LogP contribution in [-0.4, -0.2) is 28.0 Å². The summed E-state index contributed by atoms with van der Waals surface area (Å²) < 4.78 is 42.7. The number of nitrogens with zero attached hydrogens (tertiary/aromatic N) is 1. The van der Waals surface area contributed by atoms with Crippen molar-refractivity contribution in [2.45, 2.75) is 6.18 Å². The van der Waals surface area contributed by atoms with Gasteiger partial charge in [0.25, 0.3) is 5.69 Å². The lowest BCUT2D eigenvalue weighted by atomic mass is 9.98. The van der Waals surface area contributed by atoms with Gasteiger partial charge in [0.1, 0.15) is 23.0 Å². The minimum absolute atomic E-state index is 0.174. The number of ketones is 1. The lowest BCUT2D eigenvalue weighted by Gasteiger charge is -2.18. The highest BCUT2D eigenvalue weighted by Gasteiger charge is 2.43. The molecule has 1 N–H and O–H groups in total. The van der Waals surface area contributed by atoms with E-state index in [1.165, 1.54) is 0 Å². The van der Waals surface area contributed by atoms with E-state index in [1.807, 2.05) is 0 Å². The zero-order valence-electron chi connectivity index (χ0n) is 11.6. The predicted octanol–water partition coefficient (Wildman–Crippen LogP) is 2.87. The molecule has 0 radical (unpaired) electrons. The van der Waals surface area contributed by atoms with Crippen molar-refractivity contribution in [2.24, 2.45) is 5.92 Å². The van der Waals surface area contributed by atoms with Gasteiger partial charge in [0.15, 0.2) is 5.78 Å². The quantitative estimate of drug-likeness (QED) is 0.665. The Balaban J connectivity index is 2.26. The first-order chi connectivity index (χ1) is 11.1. The van der Waals surface area contributed by atoms with E-state index in [2.05, 4.69) is 0 Å². The van der Waals surface area contributed by atoms with Crippen molar-refractivity contribution in [2.75, 3.05) is 0 Å². The van der Waals surface area contributed by atoms with E-state index in [4.69, 9.17) is 9.84 Å². The minimum Gasteiger partial charge on any atom is -0.477 e. The molecule has 0 spiro atoms. The molecule has 0 aromatic heterocycles. The number of carbonyl (C=O) groups excluding carboxylic acids is 1. The van der Waals surface area contributed by atoms with E-state index in [0.717, 1.165) is 24.3 Å². The van der Waals surface area contributed by atoms with Crippen molar-refractivity contribution >= 4 is 17.4 Å². The second-order valence-corrected chi connectivity index (χ2v) is 4.67. The molecule has 0 bridgehead atoms. The zero-order chi connectivity index (χ0) is 18.1. The van der Waals surface area contributed by atoms with Crippen LogP contribution in [0.2, 0.25) is 0 Å². The Bertz CT molecular complexity index is 781. The highest BCUT2D eigenvalue weighted by atomic mass is 19.4. The first-order valence-electron chi connectivity index (χ1n) is 6.29.